The Morgan fingerprint density at radius 3 is 2.14 bits per heavy atom. The van der Waals surface area contributed by atoms with E-state index in [9.17, 15) is 19.2 Å². The maximum Gasteiger partial charge on any atom is 0.255 e. The monoisotopic (exact) mass is 474 g/mol. The summed E-state index contributed by atoms with van der Waals surface area (Å²) in [6.07, 6.45) is 0. The molecule has 0 radical (unpaired) electrons. The molecule has 1 aliphatic carbocycles. The van der Waals surface area contributed by atoms with Crippen LogP contribution in [0.3, 0.4) is 0 Å². The van der Waals surface area contributed by atoms with E-state index < -0.39 is 5.91 Å². The van der Waals surface area contributed by atoms with Gasteiger partial charge in [0.25, 0.3) is 5.91 Å². The largest absolute Gasteiger partial charge is 0.354 e. The third-order valence-corrected chi connectivity index (χ3v) is 6.40. The zero-order valence-electron chi connectivity index (χ0n) is 18.6. The number of hydrogen-bond acceptors (Lipinski definition) is 4. The Kier molecular flexibility index (Phi) is 5.37. The van der Waals surface area contributed by atoms with Crippen LogP contribution < -0.4 is 10.7 Å². The van der Waals surface area contributed by atoms with E-state index in [2.05, 4.69) is 10.3 Å². The first-order valence-electron chi connectivity index (χ1n) is 11.1. The molecule has 1 amide bonds. The number of para-hydroxylation sites is 1. The number of nitrogens with one attached hydrogen (secondary N) is 2. The van der Waals surface area contributed by atoms with Crippen LogP contribution in [0.5, 0.6) is 0 Å². The zero-order chi connectivity index (χ0) is 24.3. The lowest BCUT2D eigenvalue weighted by molar-refractivity contribution is 0.0979. The van der Waals surface area contributed by atoms with E-state index in [-0.39, 0.29) is 63.3 Å². The summed E-state index contributed by atoms with van der Waals surface area (Å²) in [5, 5.41) is 3.47. The lowest BCUT2D eigenvalue weighted by atomic mass is 9.81. The average molecular weight is 475 g/mol. The topological polar surface area (TPSA) is 96.1 Å². The molecule has 6 heteroatoms. The quantitative estimate of drug-likeness (QED) is 0.317. The second-order valence-corrected chi connectivity index (χ2v) is 8.62. The predicted molar refractivity (Wildman–Crippen MR) is 141 cm³/mol. The summed E-state index contributed by atoms with van der Waals surface area (Å²) in [6.45, 7) is 1.87. The van der Waals surface area contributed by atoms with Gasteiger partial charge < -0.3 is 10.3 Å². The van der Waals surface area contributed by atoms with Crippen molar-refractivity contribution in [1.82, 2.24) is 4.98 Å². The first-order valence-corrected chi connectivity index (χ1v) is 11.1. The number of hydrogen-bond donors (Lipinski definition) is 2. The lowest BCUT2D eigenvalue weighted by Crippen LogP contribution is -2.25. The molecule has 0 saturated heterocycles. The normalized spacial score (nSPS) is 12.1. The fraction of sp³-hybridized carbons (Fsp3) is 0.0667. The molecule has 0 atom stereocenters. The Morgan fingerprint density at radius 2 is 1.42 bits per heavy atom. The van der Waals surface area contributed by atoms with Crippen LogP contribution in [0.4, 0.5) is 5.69 Å². The van der Waals surface area contributed by atoms with E-state index in [4.69, 9.17) is 0 Å². The Balaban J connectivity index is 0.00000267. The molecular formula is C30H22N2O4. The summed E-state index contributed by atoms with van der Waals surface area (Å²) >= 11 is 0. The second-order valence-electron chi connectivity index (χ2n) is 8.62. The lowest BCUT2D eigenvalue weighted by Gasteiger charge is -2.22. The van der Waals surface area contributed by atoms with Crippen LogP contribution in [0.25, 0.3) is 21.8 Å². The first kappa shape index (κ1) is 22.9. The summed E-state index contributed by atoms with van der Waals surface area (Å²) in [5.74, 6) is -1.20. The van der Waals surface area contributed by atoms with Crippen LogP contribution in [0.2, 0.25) is 0 Å². The van der Waals surface area contributed by atoms with Crippen LogP contribution in [-0.4, -0.2) is 22.5 Å². The van der Waals surface area contributed by atoms with Crippen molar-refractivity contribution in [1.29, 1.82) is 0 Å². The number of H-pyrrole nitrogens is 1. The van der Waals surface area contributed by atoms with E-state index in [1.54, 1.807) is 66.7 Å². The van der Waals surface area contributed by atoms with Crippen LogP contribution in [0.1, 0.15) is 55.2 Å². The van der Waals surface area contributed by atoms with Crippen LogP contribution in [0, 0.1) is 6.92 Å². The average Bonchev–Trinajstić information content (AvgIpc) is 2.87. The van der Waals surface area contributed by atoms with Gasteiger partial charge >= 0.3 is 0 Å². The van der Waals surface area contributed by atoms with Gasteiger partial charge in [0, 0.05) is 33.0 Å². The van der Waals surface area contributed by atoms with Gasteiger partial charge in [-0.3, -0.25) is 19.2 Å². The Labute approximate surface area is 206 Å². The number of aromatic amines is 1. The highest BCUT2D eigenvalue weighted by atomic mass is 16.2. The number of aryl methyl sites for hydroxylation is 1. The van der Waals surface area contributed by atoms with E-state index in [0.29, 0.717) is 16.5 Å². The maximum atomic E-state index is 13.7. The van der Waals surface area contributed by atoms with E-state index in [0.717, 1.165) is 5.56 Å². The standard InChI is InChI=1S/C29H18N2O4.CH4/c1-15-7-6-8-16(13-15)29(35)31-22-14-20-25(30-21-12-5-4-11-19(21)26(20)32)24-23(22)27(33)17-9-2-3-10-18(17)28(24)34;/h2-14H,1H3,(H,30,32)(H,31,35);1H4. The number of carbonyl (C=O) groups is 3. The third-order valence-electron chi connectivity index (χ3n) is 6.40. The molecule has 176 valence electrons. The van der Waals surface area contributed by atoms with Crippen molar-refractivity contribution in [3.05, 3.63) is 122 Å². The first-order chi connectivity index (χ1) is 16.9. The van der Waals surface area contributed by atoms with Crippen molar-refractivity contribution < 1.29 is 14.4 Å². The summed E-state index contributed by atoms with van der Waals surface area (Å²) in [4.78, 5) is 57.1. The number of rotatable bonds is 2. The SMILES string of the molecule is C.Cc1cccc(C(=O)Nc2cc3c(=O)c4ccccc4[nH]c3c3c2C(=O)c2ccccc2C3=O)c1. The van der Waals surface area contributed by atoms with Crippen molar-refractivity contribution in [2.45, 2.75) is 14.4 Å². The molecule has 1 aliphatic rings. The smallest absolute Gasteiger partial charge is 0.255 e. The van der Waals surface area contributed by atoms with Gasteiger partial charge in [-0.25, -0.2) is 0 Å². The Morgan fingerprint density at radius 1 is 0.750 bits per heavy atom. The molecule has 5 aromatic rings. The molecule has 4 aromatic carbocycles. The van der Waals surface area contributed by atoms with E-state index in [1.165, 1.54) is 6.07 Å². The molecule has 1 heterocycles. The number of carbonyl (C=O) groups excluding carboxylic acids is 3. The number of benzene rings is 4. The van der Waals surface area contributed by atoms with Gasteiger partial charge in [-0.05, 0) is 37.3 Å². The number of pyridine rings is 1. The molecule has 0 saturated carbocycles. The van der Waals surface area contributed by atoms with Crippen molar-refractivity contribution in [2.24, 2.45) is 0 Å². The van der Waals surface area contributed by atoms with Crippen LogP contribution >= 0.6 is 0 Å². The number of anilines is 1. The summed E-state index contributed by atoms with van der Waals surface area (Å²) in [6, 6.07) is 22.1. The molecule has 0 spiro atoms. The van der Waals surface area contributed by atoms with Crippen LogP contribution in [0.15, 0.2) is 83.7 Å². The highest BCUT2D eigenvalue weighted by Gasteiger charge is 2.35. The fourth-order valence-electron chi connectivity index (χ4n) is 4.75. The van der Waals surface area contributed by atoms with E-state index in [1.807, 2.05) is 13.0 Å². The maximum absolute atomic E-state index is 13.7. The van der Waals surface area contributed by atoms with Gasteiger partial charge in [-0.2, -0.15) is 0 Å². The highest BCUT2D eigenvalue weighted by Crippen LogP contribution is 2.36. The molecule has 0 aliphatic heterocycles. The minimum atomic E-state index is -0.438. The fourth-order valence-corrected chi connectivity index (χ4v) is 4.75. The third kappa shape index (κ3) is 3.34. The van der Waals surface area contributed by atoms with Gasteiger partial charge in [0.2, 0.25) is 0 Å². The predicted octanol–water partition coefficient (Wildman–Crippen LogP) is 5.65. The van der Waals surface area contributed by atoms with Crippen molar-refractivity contribution in [2.75, 3.05) is 5.32 Å². The molecule has 1 aromatic heterocycles. The second kappa shape index (κ2) is 8.43. The van der Waals surface area contributed by atoms with Gasteiger partial charge in [-0.1, -0.05) is 61.5 Å². The van der Waals surface area contributed by atoms with Gasteiger partial charge in [-0.15, -0.1) is 0 Å². The van der Waals surface area contributed by atoms with Gasteiger partial charge in [0.05, 0.1) is 22.3 Å². The van der Waals surface area contributed by atoms with Crippen LogP contribution in [-0.2, 0) is 0 Å². The molecule has 2 N–H and O–H groups in total. The molecular weight excluding hydrogens is 452 g/mol. The van der Waals surface area contributed by atoms with Crippen molar-refractivity contribution in [3.63, 3.8) is 0 Å². The molecule has 0 bridgehead atoms. The van der Waals surface area contributed by atoms with Crippen molar-refractivity contribution in [3.8, 4) is 0 Å². The van der Waals surface area contributed by atoms with Crippen molar-refractivity contribution >= 4 is 45.0 Å². The molecule has 36 heavy (non-hydrogen) atoms. The molecule has 0 unspecified atom stereocenters. The Bertz CT molecular complexity index is 1810. The minimum absolute atomic E-state index is 0. The molecule has 6 rings (SSSR count). The number of ketones is 2. The Hall–Kier alpha value is -4.84. The summed E-state index contributed by atoms with van der Waals surface area (Å²) < 4.78 is 0. The summed E-state index contributed by atoms with van der Waals surface area (Å²) in [7, 11) is 0. The molecule has 6 nitrogen and oxygen atoms in total. The number of fused-ring (bicyclic) bond motifs is 5. The number of aromatic nitrogens is 1. The minimum Gasteiger partial charge on any atom is -0.354 e. The summed E-state index contributed by atoms with van der Waals surface area (Å²) in [5.41, 5.74) is 2.69. The number of amides is 1. The van der Waals surface area contributed by atoms with Gasteiger partial charge in [0.1, 0.15) is 0 Å². The van der Waals surface area contributed by atoms with Gasteiger partial charge in [0.15, 0.2) is 17.0 Å². The molecule has 0 fully saturated rings. The zero-order valence-corrected chi connectivity index (χ0v) is 18.6. The van der Waals surface area contributed by atoms with E-state index >= 15 is 0 Å². The highest BCUT2D eigenvalue weighted by molar-refractivity contribution is 6.34.